The van der Waals surface area contributed by atoms with Crippen LogP contribution in [0.25, 0.3) is 0 Å². The minimum absolute atomic E-state index is 0.0782. The molecule has 0 spiro atoms. The smallest absolute Gasteiger partial charge is 0.230 e. The maximum atomic E-state index is 11.6. The lowest BCUT2D eigenvalue weighted by Crippen LogP contribution is -2.33. The van der Waals surface area contributed by atoms with Gasteiger partial charge in [-0.3, -0.25) is 4.79 Å². The first-order valence-corrected chi connectivity index (χ1v) is 7.66. The fourth-order valence-corrected chi connectivity index (χ4v) is 2.60. The van der Waals surface area contributed by atoms with Gasteiger partial charge in [-0.25, -0.2) is 0 Å². The van der Waals surface area contributed by atoms with E-state index in [1.807, 2.05) is 11.5 Å². The normalized spacial score (nSPS) is 16.3. The van der Waals surface area contributed by atoms with Crippen molar-refractivity contribution >= 4 is 17.7 Å². The summed E-state index contributed by atoms with van der Waals surface area (Å²) in [5.74, 6) is 0.232. The molecule has 1 aliphatic rings. The van der Waals surface area contributed by atoms with Gasteiger partial charge in [-0.2, -0.15) is 0 Å². The number of aromatic nitrogens is 3. The quantitative estimate of drug-likeness (QED) is 0.696. The third-order valence-corrected chi connectivity index (χ3v) is 3.93. The highest BCUT2D eigenvalue weighted by molar-refractivity contribution is 7.99. The van der Waals surface area contributed by atoms with Gasteiger partial charge in [-0.05, 0) is 19.3 Å². The van der Waals surface area contributed by atoms with E-state index in [2.05, 4.69) is 15.5 Å². The van der Waals surface area contributed by atoms with Gasteiger partial charge in [-0.1, -0.05) is 25.1 Å². The largest absolute Gasteiger partial charge is 0.391 e. The fourth-order valence-electron chi connectivity index (χ4n) is 1.79. The number of aliphatic hydroxyl groups excluding tert-OH is 1. The Morgan fingerprint density at radius 2 is 2.47 bits per heavy atom. The highest BCUT2D eigenvalue weighted by Gasteiger charge is 2.26. The average molecular weight is 284 g/mol. The Morgan fingerprint density at radius 1 is 1.68 bits per heavy atom. The van der Waals surface area contributed by atoms with E-state index in [9.17, 15) is 9.90 Å². The molecule has 1 heterocycles. The molecule has 6 nitrogen and oxygen atoms in total. The summed E-state index contributed by atoms with van der Waals surface area (Å²) in [6, 6.07) is 0.520. The first kappa shape index (κ1) is 14.3. The van der Waals surface area contributed by atoms with Crippen LogP contribution in [0, 0.1) is 0 Å². The Kier molecular flexibility index (Phi) is 5.21. The van der Waals surface area contributed by atoms with Crippen molar-refractivity contribution < 1.29 is 9.90 Å². The lowest BCUT2D eigenvalue weighted by Gasteiger charge is -2.10. The number of amides is 1. The zero-order valence-corrected chi connectivity index (χ0v) is 11.9. The zero-order valence-electron chi connectivity index (χ0n) is 11.1. The molecule has 0 bridgehead atoms. The predicted octanol–water partition coefficient (Wildman–Crippen LogP) is 0.982. The van der Waals surface area contributed by atoms with E-state index < -0.39 is 6.10 Å². The summed E-state index contributed by atoms with van der Waals surface area (Å²) >= 11 is 1.39. The van der Waals surface area contributed by atoms with Crippen molar-refractivity contribution in [2.24, 2.45) is 0 Å². The number of carbonyl (C=O) groups excluding carboxylic acids is 1. The molecule has 0 radical (unpaired) electrons. The third-order valence-electron chi connectivity index (χ3n) is 2.97. The molecular formula is C12H20N4O2S. The molecule has 7 heteroatoms. The van der Waals surface area contributed by atoms with E-state index in [0.717, 1.165) is 11.6 Å². The fraction of sp³-hybridized carbons (Fsp3) is 0.750. The summed E-state index contributed by atoms with van der Waals surface area (Å²) < 4.78 is 2.03. The van der Waals surface area contributed by atoms with E-state index >= 15 is 0 Å². The van der Waals surface area contributed by atoms with Gasteiger partial charge in [0.25, 0.3) is 0 Å². The molecule has 1 aromatic rings. The summed E-state index contributed by atoms with van der Waals surface area (Å²) in [5, 5.41) is 21.0. The van der Waals surface area contributed by atoms with E-state index in [1.54, 1.807) is 6.33 Å². The van der Waals surface area contributed by atoms with Gasteiger partial charge >= 0.3 is 0 Å². The first-order chi connectivity index (χ1) is 9.20. The van der Waals surface area contributed by atoms with Crippen LogP contribution in [-0.2, 0) is 4.79 Å². The molecule has 1 unspecified atom stereocenters. The lowest BCUT2D eigenvalue weighted by molar-refractivity contribution is -0.119. The minimum atomic E-state index is -0.450. The lowest BCUT2D eigenvalue weighted by atomic mass is 10.2. The van der Waals surface area contributed by atoms with Crippen molar-refractivity contribution in [2.45, 2.75) is 49.9 Å². The number of nitrogens with zero attached hydrogens (tertiary/aromatic N) is 3. The van der Waals surface area contributed by atoms with Crippen LogP contribution in [0.5, 0.6) is 0 Å². The van der Waals surface area contributed by atoms with Crippen LogP contribution in [-0.4, -0.2) is 44.2 Å². The second-order valence-electron chi connectivity index (χ2n) is 4.79. The van der Waals surface area contributed by atoms with Crippen LogP contribution in [0.4, 0.5) is 0 Å². The van der Waals surface area contributed by atoms with Crippen LogP contribution in [0.1, 0.15) is 38.6 Å². The number of nitrogens with one attached hydrogen (secondary N) is 1. The molecule has 2 rings (SSSR count). The topological polar surface area (TPSA) is 80.0 Å². The standard InChI is InChI=1S/C12H20N4O2S/c1-2-3-10(17)6-13-11(18)7-19-12-15-14-8-16(12)9-4-5-9/h8-10,17H,2-7H2,1H3,(H,13,18). The number of hydrogen-bond donors (Lipinski definition) is 2. The van der Waals surface area contributed by atoms with Gasteiger partial charge in [-0.15, -0.1) is 10.2 Å². The summed E-state index contributed by atoms with van der Waals surface area (Å²) in [4.78, 5) is 11.6. The maximum Gasteiger partial charge on any atom is 0.230 e. The van der Waals surface area contributed by atoms with Crippen molar-refractivity contribution in [3.05, 3.63) is 6.33 Å². The second-order valence-corrected chi connectivity index (χ2v) is 5.73. The number of thioether (sulfide) groups is 1. The van der Waals surface area contributed by atoms with Crippen LogP contribution in [0.3, 0.4) is 0 Å². The Balaban J connectivity index is 1.69. The van der Waals surface area contributed by atoms with Gasteiger partial charge in [0.05, 0.1) is 11.9 Å². The number of carbonyl (C=O) groups is 1. The predicted molar refractivity (Wildman–Crippen MR) is 72.9 cm³/mol. The van der Waals surface area contributed by atoms with E-state index in [4.69, 9.17) is 0 Å². The van der Waals surface area contributed by atoms with Crippen molar-refractivity contribution in [3.63, 3.8) is 0 Å². The maximum absolute atomic E-state index is 11.6. The van der Waals surface area contributed by atoms with Crippen LogP contribution in [0.15, 0.2) is 11.5 Å². The van der Waals surface area contributed by atoms with Gasteiger partial charge in [0.15, 0.2) is 5.16 Å². The van der Waals surface area contributed by atoms with Crippen molar-refractivity contribution in [2.75, 3.05) is 12.3 Å². The van der Waals surface area contributed by atoms with Crippen LogP contribution < -0.4 is 5.32 Å². The summed E-state index contributed by atoms with van der Waals surface area (Å²) in [5.41, 5.74) is 0. The molecule has 1 saturated carbocycles. The number of hydrogen-bond acceptors (Lipinski definition) is 5. The van der Waals surface area contributed by atoms with E-state index in [-0.39, 0.29) is 5.91 Å². The molecule has 1 aliphatic carbocycles. The third kappa shape index (κ3) is 4.50. The number of rotatable bonds is 8. The molecule has 1 atom stereocenters. The Morgan fingerprint density at radius 3 is 3.16 bits per heavy atom. The Labute approximate surface area is 117 Å². The molecule has 0 aliphatic heterocycles. The Hall–Kier alpha value is -1.08. The highest BCUT2D eigenvalue weighted by Crippen LogP contribution is 2.37. The molecule has 0 aromatic carbocycles. The monoisotopic (exact) mass is 284 g/mol. The highest BCUT2D eigenvalue weighted by atomic mass is 32.2. The SMILES string of the molecule is CCCC(O)CNC(=O)CSc1nncn1C1CC1. The zero-order chi connectivity index (χ0) is 13.7. The van der Waals surface area contributed by atoms with Crippen molar-refractivity contribution in [3.8, 4) is 0 Å². The molecule has 1 fully saturated rings. The van der Waals surface area contributed by atoms with Gasteiger partial charge < -0.3 is 15.0 Å². The minimum Gasteiger partial charge on any atom is -0.391 e. The Bertz CT molecular complexity index is 420. The van der Waals surface area contributed by atoms with Crippen LogP contribution >= 0.6 is 11.8 Å². The molecule has 1 amide bonds. The average Bonchev–Trinajstić information content (AvgIpc) is 3.13. The van der Waals surface area contributed by atoms with Gasteiger partial charge in [0.2, 0.25) is 5.91 Å². The summed E-state index contributed by atoms with van der Waals surface area (Å²) in [6.07, 6.45) is 5.24. The molecular weight excluding hydrogens is 264 g/mol. The van der Waals surface area contributed by atoms with Crippen LogP contribution in [0.2, 0.25) is 0 Å². The number of aliphatic hydroxyl groups is 1. The molecule has 19 heavy (non-hydrogen) atoms. The summed E-state index contributed by atoms with van der Waals surface area (Å²) in [6.45, 7) is 2.33. The van der Waals surface area contributed by atoms with E-state index in [1.165, 1.54) is 24.6 Å². The molecule has 1 aromatic heterocycles. The first-order valence-electron chi connectivity index (χ1n) is 6.67. The second kappa shape index (κ2) is 6.91. The summed E-state index contributed by atoms with van der Waals surface area (Å²) in [7, 11) is 0. The van der Waals surface area contributed by atoms with Gasteiger partial charge in [0, 0.05) is 12.6 Å². The molecule has 0 saturated heterocycles. The molecule has 106 valence electrons. The van der Waals surface area contributed by atoms with Gasteiger partial charge in [0.1, 0.15) is 6.33 Å². The van der Waals surface area contributed by atoms with Crippen molar-refractivity contribution in [1.82, 2.24) is 20.1 Å². The van der Waals surface area contributed by atoms with E-state index in [0.29, 0.717) is 24.8 Å². The molecule has 2 N–H and O–H groups in total. The van der Waals surface area contributed by atoms with Crippen molar-refractivity contribution in [1.29, 1.82) is 0 Å².